The Hall–Kier alpha value is -5.97. The van der Waals surface area contributed by atoms with Crippen LogP contribution in [0.2, 0.25) is 0 Å². The van der Waals surface area contributed by atoms with Crippen molar-refractivity contribution in [3.8, 4) is 0 Å². The maximum Gasteiger partial charge on any atom is 0.312 e. The lowest BCUT2D eigenvalue weighted by atomic mass is 9.97. The molecule has 300 valence electrons. The number of aliphatic carboxylic acids is 1. The van der Waals surface area contributed by atoms with Crippen LogP contribution in [-0.2, 0) is 46.5 Å². The van der Waals surface area contributed by atoms with Gasteiger partial charge in [0, 0.05) is 49.6 Å². The number of epoxide rings is 1. The van der Waals surface area contributed by atoms with E-state index in [2.05, 4.69) is 31.6 Å². The van der Waals surface area contributed by atoms with Gasteiger partial charge in [-0.1, -0.05) is 48.0 Å². The predicted molar refractivity (Wildman–Crippen MR) is 204 cm³/mol. The minimum atomic E-state index is -1.20. The molecule has 3 heterocycles. The van der Waals surface area contributed by atoms with E-state index in [4.69, 9.17) is 10.5 Å². The van der Waals surface area contributed by atoms with E-state index in [9.17, 15) is 38.7 Å². The number of carboxylic acid groups (broad SMARTS) is 1. The van der Waals surface area contributed by atoms with E-state index >= 15 is 0 Å². The number of aryl methyl sites for hydroxylation is 1. The van der Waals surface area contributed by atoms with Gasteiger partial charge < -0.3 is 52.0 Å². The molecule has 0 saturated carbocycles. The van der Waals surface area contributed by atoms with Crippen molar-refractivity contribution >= 4 is 52.4 Å². The fourth-order valence-corrected chi connectivity index (χ4v) is 6.73. The number of carbonyl (C=O) groups is 7. The Balaban J connectivity index is 1.36. The smallest absolute Gasteiger partial charge is 0.312 e. The Kier molecular flexibility index (Phi) is 14.4. The SMILES string of the molecule is Cc1ccc(CNC(=O)C(CCCNC(N)=O)NC(=O)C(Cc2c[nH]c3ccccc23)NC(=O)C2CCCCN2C(=O)[C@H](CCC(=O)O)NC(=O)C2CO2)cc1. The third-order valence-corrected chi connectivity index (χ3v) is 9.90. The molecule has 4 unspecified atom stereocenters. The highest BCUT2D eigenvalue weighted by molar-refractivity contribution is 5.97. The molecule has 56 heavy (non-hydrogen) atoms. The van der Waals surface area contributed by atoms with Gasteiger partial charge in [-0.2, -0.15) is 0 Å². The molecule has 0 aliphatic carbocycles. The van der Waals surface area contributed by atoms with Crippen LogP contribution < -0.4 is 32.3 Å². The summed E-state index contributed by atoms with van der Waals surface area (Å²) in [7, 11) is 0. The molecule has 1 aromatic heterocycles. The molecule has 5 rings (SSSR count). The maximum absolute atomic E-state index is 14.3. The number of rotatable bonds is 19. The number of para-hydroxylation sites is 1. The normalized spacial score (nSPS) is 17.8. The van der Waals surface area contributed by atoms with Gasteiger partial charge in [-0.05, 0) is 62.6 Å². The number of nitrogens with zero attached hydrogens (tertiary/aromatic N) is 1. The second-order valence-corrected chi connectivity index (χ2v) is 14.2. The lowest BCUT2D eigenvalue weighted by molar-refractivity contribution is -0.146. The summed E-state index contributed by atoms with van der Waals surface area (Å²) >= 11 is 0. The van der Waals surface area contributed by atoms with Crippen LogP contribution in [0.4, 0.5) is 4.79 Å². The van der Waals surface area contributed by atoms with Gasteiger partial charge in [0.15, 0.2) is 6.10 Å². The average molecular weight is 775 g/mol. The van der Waals surface area contributed by atoms with Gasteiger partial charge in [0.2, 0.25) is 23.6 Å². The van der Waals surface area contributed by atoms with E-state index in [-0.39, 0.29) is 51.9 Å². The van der Waals surface area contributed by atoms with E-state index in [1.165, 1.54) is 4.90 Å². The predicted octanol–water partition coefficient (Wildman–Crippen LogP) is 0.883. The Morgan fingerprint density at radius 1 is 0.893 bits per heavy atom. The fraction of sp³-hybridized carbons (Fsp3) is 0.462. The van der Waals surface area contributed by atoms with E-state index in [1.807, 2.05) is 55.5 Å². The number of piperidine rings is 1. The van der Waals surface area contributed by atoms with Crippen LogP contribution in [0.25, 0.3) is 10.9 Å². The summed E-state index contributed by atoms with van der Waals surface area (Å²) in [5, 5.41) is 23.8. The first-order chi connectivity index (χ1) is 26.9. The first kappa shape index (κ1) is 41.2. The van der Waals surface area contributed by atoms with Crippen molar-refractivity contribution in [3.63, 3.8) is 0 Å². The number of fused-ring (bicyclic) bond motifs is 1. The van der Waals surface area contributed by atoms with Crippen LogP contribution in [0.3, 0.4) is 0 Å². The van der Waals surface area contributed by atoms with Gasteiger partial charge in [0.05, 0.1) is 6.61 Å². The Bertz CT molecular complexity index is 1890. The minimum absolute atomic E-state index is 0.0296. The van der Waals surface area contributed by atoms with Crippen molar-refractivity contribution in [2.75, 3.05) is 19.7 Å². The summed E-state index contributed by atoms with van der Waals surface area (Å²) < 4.78 is 5.03. The molecule has 0 bridgehead atoms. The van der Waals surface area contributed by atoms with E-state index in [1.54, 1.807) is 6.20 Å². The number of ether oxygens (including phenoxy) is 1. The molecule has 2 aromatic carbocycles. The quantitative estimate of drug-likeness (QED) is 0.0635. The largest absolute Gasteiger partial charge is 0.481 e. The van der Waals surface area contributed by atoms with Gasteiger partial charge in [-0.25, -0.2) is 4.79 Å². The number of amides is 7. The zero-order chi connectivity index (χ0) is 40.2. The number of H-pyrrole nitrogens is 1. The number of carboxylic acids is 1. The number of primary amides is 1. The van der Waals surface area contributed by atoms with Crippen LogP contribution in [-0.4, -0.2) is 106 Å². The van der Waals surface area contributed by atoms with Gasteiger partial charge in [-0.3, -0.25) is 28.8 Å². The van der Waals surface area contributed by atoms with Gasteiger partial charge in [0.25, 0.3) is 5.91 Å². The molecule has 3 aromatic rings. The molecular formula is C39H50N8O9. The number of nitrogens with one attached hydrogen (secondary N) is 6. The van der Waals surface area contributed by atoms with Crippen LogP contribution in [0, 0.1) is 6.92 Å². The number of aromatic nitrogens is 1. The summed E-state index contributed by atoms with van der Waals surface area (Å²) in [6.07, 6.45) is 2.36. The third-order valence-electron chi connectivity index (χ3n) is 9.90. The summed E-state index contributed by atoms with van der Waals surface area (Å²) in [5.41, 5.74) is 8.67. The summed E-state index contributed by atoms with van der Waals surface area (Å²) in [6, 6.07) is 9.88. The van der Waals surface area contributed by atoms with Gasteiger partial charge in [-0.15, -0.1) is 0 Å². The summed E-state index contributed by atoms with van der Waals surface area (Å²) in [5.74, 6) is -4.02. The molecule has 17 nitrogen and oxygen atoms in total. The van der Waals surface area contributed by atoms with Crippen molar-refractivity contribution in [1.29, 1.82) is 0 Å². The van der Waals surface area contributed by atoms with Crippen LogP contribution in [0.15, 0.2) is 54.7 Å². The van der Waals surface area contributed by atoms with Crippen molar-refractivity contribution in [3.05, 3.63) is 71.4 Å². The lowest BCUT2D eigenvalue weighted by Crippen LogP contribution is -2.61. The Labute approximate surface area is 323 Å². The first-order valence-corrected chi connectivity index (χ1v) is 18.9. The molecule has 2 aliphatic heterocycles. The van der Waals surface area contributed by atoms with Gasteiger partial charge >= 0.3 is 12.0 Å². The van der Waals surface area contributed by atoms with Gasteiger partial charge in [0.1, 0.15) is 24.2 Å². The molecule has 2 fully saturated rings. The standard InChI is InChI=1S/C39H50N8O9/c1-23-11-13-24(14-12-23)20-43-34(50)28(9-6-17-41-39(40)55)44-35(51)30(19-25-21-42-27-8-3-2-7-26(25)27)46-36(52)31-10-4-5-18-47(31)38(54)29(15-16-33(48)49)45-37(53)32-22-56-32/h2-3,7-8,11-14,21,28-32,42H,4-6,9-10,15-20,22H2,1H3,(H,43,50)(H,44,51)(H,45,53)(H,46,52)(H,48,49)(H3,40,41,55)/t28?,29-,30?,31?,32?/m0/s1. The van der Waals surface area contributed by atoms with Crippen molar-refractivity contribution in [2.24, 2.45) is 5.73 Å². The number of hydrogen-bond donors (Lipinski definition) is 8. The minimum Gasteiger partial charge on any atom is -0.481 e. The average Bonchev–Trinajstić information content (AvgIpc) is 3.97. The monoisotopic (exact) mass is 774 g/mol. The molecule has 2 saturated heterocycles. The van der Waals surface area contributed by atoms with Crippen molar-refractivity contribution in [1.82, 2.24) is 36.5 Å². The third kappa shape index (κ3) is 11.8. The molecule has 0 radical (unpaired) electrons. The number of carbonyl (C=O) groups excluding carboxylic acids is 6. The fourth-order valence-electron chi connectivity index (χ4n) is 6.73. The first-order valence-electron chi connectivity index (χ1n) is 18.9. The second-order valence-electron chi connectivity index (χ2n) is 14.2. The molecule has 2 aliphatic rings. The highest BCUT2D eigenvalue weighted by Crippen LogP contribution is 2.22. The summed E-state index contributed by atoms with van der Waals surface area (Å²) in [6.45, 7) is 2.69. The number of likely N-dealkylation sites (tertiary alicyclic amines) is 1. The van der Waals surface area contributed by atoms with E-state index < -0.39 is 78.2 Å². The highest BCUT2D eigenvalue weighted by Gasteiger charge is 2.40. The zero-order valence-electron chi connectivity index (χ0n) is 31.3. The van der Waals surface area contributed by atoms with Crippen LogP contribution in [0.1, 0.15) is 61.6 Å². The molecule has 7 amide bonds. The lowest BCUT2D eigenvalue weighted by Gasteiger charge is -2.37. The number of aromatic amines is 1. The number of benzene rings is 2. The highest BCUT2D eigenvalue weighted by atomic mass is 16.6. The molecule has 17 heteroatoms. The summed E-state index contributed by atoms with van der Waals surface area (Å²) in [4.78, 5) is 95.8. The van der Waals surface area contributed by atoms with Crippen molar-refractivity contribution in [2.45, 2.75) is 95.1 Å². The molecule has 0 spiro atoms. The molecule has 9 N–H and O–H groups in total. The maximum atomic E-state index is 14.3. The molecule has 5 atom stereocenters. The number of hydrogen-bond acceptors (Lipinski definition) is 8. The Morgan fingerprint density at radius 2 is 1.62 bits per heavy atom. The van der Waals surface area contributed by atoms with Crippen LogP contribution >= 0.6 is 0 Å². The van der Waals surface area contributed by atoms with Crippen LogP contribution in [0.5, 0.6) is 0 Å². The van der Waals surface area contributed by atoms with E-state index in [0.717, 1.165) is 27.6 Å². The molecular weight excluding hydrogens is 724 g/mol. The topological polar surface area (TPSA) is 257 Å². The number of urea groups is 1. The van der Waals surface area contributed by atoms with Crippen molar-refractivity contribution < 1.29 is 43.4 Å². The second kappa shape index (κ2) is 19.6. The number of nitrogens with two attached hydrogens (primary N) is 1. The zero-order valence-corrected chi connectivity index (χ0v) is 31.3. The Morgan fingerprint density at radius 3 is 2.34 bits per heavy atom. The van der Waals surface area contributed by atoms with E-state index in [0.29, 0.717) is 19.3 Å².